The van der Waals surface area contributed by atoms with Crippen molar-refractivity contribution in [2.24, 2.45) is 5.92 Å². The number of hydrogen-bond donors (Lipinski definition) is 1. The quantitative estimate of drug-likeness (QED) is 0.794. The third-order valence-electron chi connectivity index (χ3n) is 3.27. The van der Waals surface area contributed by atoms with Crippen LogP contribution >= 0.6 is 0 Å². The van der Waals surface area contributed by atoms with Crippen LogP contribution < -0.4 is 4.90 Å². The van der Waals surface area contributed by atoms with E-state index in [1.807, 2.05) is 19.2 Å². The van der Waals surface area contributed by atoms with E-state index in [1.54, 1.807) is 0 Å². The molecule has 114 valence electrons. The van der Waals surface area contributed by atoms with Gasteiger partial charge in [0.1, 0.15) is 0 Å². The minimum Gasteiger partial charge on any atom is -0.387 e. The third kappa shape index (κ3) is 5.47. The summed E-state index contributed by atoms with van der Waals surface area (Å²) in [6, 6.07) is 4.01. The van der Waals surface area contributed by atoms with E-state index in [0.717, 1.165) is 31.0 Å². The number of aliphatic hydroxyl groups excluding tert-OH is 1. The molecule has 1 N–H and O–H groups in total. The van der Waals surface area contributed by atoms with E-state index >= 15 is 0 Å². The molecule has 4 heteroatoms. The SMILES string of the molecule is CC[C@H](O)c1ccc(N(CCN(C)C)CC(C)C)cn1. The summed E-state index contributed by atoms with van der Waals surface area (Å²) in [4.78, 5) is 8.95. The van der Waals surface area contributed by atoms with Gasteiger partial charge in [0.25, 0.3) is 0 Å². The summed E-state index contributed by atoms with van der Waals surface area (Å²) < 4.78 is 0. The summed E-state index contributed by atoms with van der Waals surface area (Å²) in [6.07, 6.45) is 2.12. The maximum Gasteiger partial charge on any atom is 0.0957 e. The first kappa shape index (κ1) is 16.9. The predicted molar refractivity (Wildman–Crippen MR) is 85.1 cm³/mol. The summed E-state index contributed by atoms with van der Waals surface area (Å²) in [5.41, 5.74) is 1.89. The second-order valence-corrected chi connectivity index (χ2v) is 6.01. The van der Waals surface area contributed by atoms with Gasteiger partial charge in [-0.1, -0.05) is 20.8 Å². The van der Waals surface area contributed by atoms with Crippen LogP contribution in [0.25, 0.3) is 0 Å². The zero-order valence-corrected chi connectivity index (χ0v) is 13.5. The highest BCUT2D eigenvalue weighted by Gasteiger charge is 2.11. The van der Waals surface area contributed by atoms with Crippen molar-refractivity contribution in [2.75, 3.05) is 38.6 Å². The van der Waals surface area contributed by atoms with Crippen LogP contribution in [0.1, 0.15) is 39.0 Å². The maximum absolute atomic E-state index is 9.80. The molecule has 0 aliphatic rings. The molecule has 1 aromatic heterocycles. The monoisotopic (exact) mass is 279 g/mol. The molecule has 0 saturated heterocycles. The number of aromatic nitrogens is 1. The summed E-state index contributed by atoms with van der Waals surface area (Å²) in [5, 5.41) is 9.80. The van der Waals surface area contributed by atoms with E-state index in [-0.39, 0.29) is 0 Å². The second-order valence-electron chi connectivity index (χ2n) is 6.01. The predicted octanol–water partition coefficient (Wildman–Crippen LogP) is 2.55. The fourth-order valence-electron chi connectivity index (χ4n) is 2.08. The van der Waals surface area contributed by atoms with Gasteiger partial charge in [-0.05, 0) is 38.6 Å². The van der Waals surface area contributed by atoms with Crippen LogP contribution in [0.3, 0.4) is 0 Å². The lowest BCUT2D eigenvalue weighted by atomic mass is 10.1. The molecule has 20 heavy (non-hydrogen) atoms. The number of likely N-dealkylation sites (N-methyl/N-ethyl adjacent to an activating group) is 1. The first-order chi connectivity index (χ1) is 9.43. The largest absolute Gasteiger partial charge is 0.387 e. The Morgan fingerprint density at radius 2 is 1.90 bits per heavy atom. The Balaban J connectivity index is 2.79. The Hall–Kier alpha value is -1.13. The standard InChI is InChI=1S/C16H29N3O/c1-6-16(20)15-8-7-14(11-17-15)19(12-13(2)3)10-9-18(4)5/h7-8,11,13,16,20H,6,9-10,12H2,1-5H3/t16-/m0/s1. The highest BCUT2D eigenvalue weighted by molar-refractivity contribution is 5.44. The van der Waals surface area contributed by atoms with E-state index in [1.165, 1.54) is 0 Å². The maximum atomic E-state index is 9.80. The molecule has 0 amide bonds. The highest BCUT2D eigenvalue weighted by Crippen LogP contribution is 2.19. The van der Waals surface area contributed by atoms with E-state index < -0.39 is 6.10 Å². The van der Waals surface area contributed by atoms with Crippen molar-refractivity contribution in [3.63, 3.8) is 0 Å². The Bertz CT molecular complexity index is 376. The number of hydrogen-bond acceptors (Lipinski definition) is 4. The molecule has 0 unspecified atom stereocenters. The molecular weight excluding hydrogens is 250 g/mol. The Kier molecular flexibility index (Phi) is 6.96. The van der Waals surface area contributed by atoms with E-state index in [9.17, 15) is 5.11 Å². The molecule has 1 atom stereocenters. The van der Waals surface area contributed by atoms with Gasteiger partial charge in [0.2, 0.25) is 0 Å². The summed E-state index contributed by atoms with van der Waals surface area (Å²) in [6.45, 7) is 9.44. The number of rotatable bonds is 8. The van der Waals surface area contributed by atoms with Gasteiger partial charge in [-0.15, -0.1) is 0 Å². The van der Waals surface area contributed by atoms with Crippen LogP contribution in [0, 0.1) is 5.92 Å². The Morgan fingerprint density at radius 3 is 2.35 bits per heavy atom. The van der Waals surface area contributed by atoms with Crippen molar-refractivity contribution in [3.05, 3.63) is 24.0 Å². The average molecular weight is 279 g/mol. The van der Waals surface area contributed by atoms with Crippen LogP contribution in [-0.2, 0) is 0 Å². The number of nitrogens with zero attached hydrogens (tertiary/aromatic N) is 3. The zero-order chi connectivity index (χ0) is 15.1. The highest BCUT2D eigenvalue weighted by atomic mass is 16.3. The van der Waals surface area contributed by atoms with Crippen molar-refractivity contribution in [3.8, 4) is 0 Å². The lowest BCUT2D eigenvalue weighted by Crippen LogP contribution is -2.34. The zero-order valence-electron chi connectivity index (χ0n) is 13.5. The first-order valence-corrected chi connectivity index (χ1v) is 7.47. The van der Waals surface area contributed by atoms with Crippen molar-refractivity contribution in [1.29, 1.82) is 0 Å². The molecule has 0 fully saturated rings. The molecule has 0 radical (unpaired) electrons. The topological polar surface area (TPSA) is 39.6 Å². The van der Waals surface area contributed by atoms with Gasteiger partial charge >= 0.3 is 0 Å². The molecule has 0 bridgehead atoms. The van der Waals surface area contributed by atoms with E-state index in [4.69, 9.17) is 0 Å². The van der Waals surface area contributed by atoms with Crippen molar-refractivity contribution < 1.29 is 5.11 Å². The number of aliphatic hydroxyl groups is 1. The number of anilines is 1. The minimum atomic E-state index is -0.454. The first-order valence-electron chi connectivity index (χ1n) is 7.47. The van der Waals surface area contributed by atoms with Crippen LogP contribution in [0.5, 0.6) is 0 Å². The Morgan fingerprint density at radius 1 is 1.20 bits per heavy atom. The molecule has 1 heterocycles. The molecule has 1 aromatic rings. The summed E-state index contributed by atoms with van der Waals surface area (Å²) >= 11 is 0. The van der Waals surface area contributed by atoms with Crippen molar-refractivity contribution in [1.82, 2.24) is 9.88 Å². The minimum absolute atomic E-state index is 0.454. The van der Waals surface area contributed by atoms with E-state index in [0.29, 0.717) is 12.3 Å². The van der Waals surface area contributed by atoms with Crippen LogP contribution in [-0.4, -0.2) is 48.7 Å². The van der Waals surface area contributed by atoms with Gasteiger partial charge in [-0.3, -0.25) is 4.98 Å². The molecule has 0 aromatic carbocycles. The molecular formula is C16H29N3O. The summed E-state index contributed by atoms with van der Waals surface area (Å²) in [7, 11) is 4.18. The Labute approximate surface area is 123 Å². The van der Waals surface area contributed by atoms with Gasteiger partial charge in [0.05, 0.1) is 23.7 Å². The average Bonchev–Trinajstić information content (AvgIpc) is 2.42. The lowest BCUT2D eigenvalue weighted by molar-refractivity contribution is 0.169. The third-order valence-corrected chi connectivity index (χ3v) is 3.27. The molecule has 1 rings (SSSR count). The van der Waals surface area contributed by atoms with Gasteiger partial charge in [0.15, 0.2) is 0 Å². The van der Waals surface area contributed by atoms with Gasteiger partial charge in [-0.25, -0.2) is 0 Å². The molecule has 0 aliphatic heterocycles. The van der Waals surface area contributed by atoms with Crippen LogP contribution in [0.2, 0.25) is 0 Å². The fraction of sp³-hybridized carbons (Fsp3) is 0.688. The van der Waals surface area contributed by atoms with Gasteiger partial charge in [-0.2, -0.15) is 0 Å². The van der Waals surface area contributed by atoms with Crippen molar-refractivity contribution >= 4 is 5.69 Å². The molecule has 0 aliphatic carbocycles. The van der Waals surface area contributed by atoms with Crippen LogP contribution in [0.4, 0.5) is 5.69 Å². The van der Waals surface area contributed by atoms with E-state index in [2.05, 4.69) is 48.8 Å². The lowest BCUT2D eigenvalue weighted by Gasteiger charge is -2.28. The second kappa shape index (κ2) is 8.22. The molecule has 4 nitrogen and oxygen atoms in total. The van der Waals surface area contributed by atoms with Crippen LogP contribution in [0.15, 0.2) is 18.3 Å². The van der Waals surface area contributed by atoms with Gasteiger partial charge < -0.3 is 14.9 Å². The molecule has 0 saturated carbocycles. The molecule has 0 spiro atoms. The summed E-state index contributed by atoms with van der Waals surface area (Å²) in [5.74, 6) is 0.609. The normalized spacial score (nSPS) is 13.0. The smallest absolute Gasteiger partial charge is 0.0957 e. The van der Waals surface area contributed by atoms with Crippen molar-refractivity contribution in [2.45, 2.75) is 33.3 Å². The van der Waals surface area contributed by atoms with Gasteiger partial charge in [0, 0.05) is 19.6 Å². The number of pyridine rings is 1. The fourth-order valence-corrected chi connectivity index (χ4v) is 2.08.